The average Bonchev–Trinajstić information content (AvgIpc) is 3.00. The standard InChI is InChI=1S/C18H20OS/c1-18(15-19,12-5-9-17-10-6-14-20-17)13-11-16-7-3-2-4-8-16/h2-10,14-15H,11-13H2,1H3/b9-5+. The Morgan fingerprint density at radius 2 is 1.95 bits per heavy atom. The molecule has 1 aromatic heterocycles. The van der Waals surface area contributed by atoms with E-state index < -0.39 is 0 Å². The molecule has 0 fully saturated rings. The molecule has 1 unspecified atom stereocenters. The zero-order valence-corrected chi connectivity index (χ0v) is 12.6. The lowest BCUT2D eigenvalue weighted by Gasteiger charge is -2.21. The van der Waals surface area contributed by atoms with Crippen LogP contribution in [-0.4, -0.2) is 6.29 Å². The largest absolute Gasteiger partial charge is 0.303 e. The Kier molecular flexibility index (Phi) is 5.31. The quantitative estimate of drug-likeness (QED) is 0.655. The molecule has 0 aliphatic heterocycles. The second kappa shape index (κ2) is 7.20. The first kappa shape index (κ1) is 14.7. The number of allylic oxidation sites excluding steroid dienone is 1. The smallest absolute Gasteiger partial charge is 0.126 e. The number of aryl methyl sites for hydroxylation is 1. The molecule has 2 heteroatoms. The molecule has 0 amide bonds. The van der Waals surface area contributed by atoms with Crippen LogP contribution >= 0.6 is 11.3 Å². The van der Waals surface area contributed by atoms with Gasteiger partial charge in [0.2, 0.25) is 0 Å². The second-order valence-electron chi connectivity index (χ2n) is 5.38. The van der Waals surface area contributed by atoms with Gasteiger partial charge in [0.1, 0.15) is 6.29 Å². The van der Waals surface area contributed by atoms with Crippen LogP contribution in [0.1, 0.15) is 30.2 Å². The molecule has 1 nitrogen and oxygen atoms in total. The van der Waals surface area contributed by atoms with Crippen LogP contribution in [0.3, 0.4) is 0 Å². The van der Waals surface area contributed by atoms with Crippen molar-refractivity contribution in [1.29, 1.82) is 0 Å². The SMILES string of the molecule is CC(C=O)(C/C=C/c1cccs1)CCc1ccccc1. The molecule has 1 atom stereocenters. The maximum absolute atomic E-state index is 11.4. The van der Waals surface area contributed by atoms with Crippen LogP contribution in [0.2, 0.25) is 0 Å². The summed E-state index contributed by atoms with van der Waals surface area (Å²) in [4.78, 5) is 12.6. The lowest BCUT2D eigenvalue weighted by Crippen LogP contribution is -2.18. The summed E-state index contributed by atoms with van der Waals surface area (Å²) in [6, 6.07) is 14.5. The van der Waals surface area contributed by atoms with E-state index in [1.165, 1.54) is 10.4 Å². The van der Waals surface area contributed by atoms with E-state index in [0.717, 1.165) is 25.5 Å². The predicted molar refractivity (Wildman–Crippen MR) is 86.9 cm³/mol. The fourth-order valence-electron chi connectivity index (χ4n) is 2.11. The topological polar surface area (TPSA) is 17.1 Å². The minimum absolute atomic E-state index is 0.274. The molecular formula is C18H20OS. The monoisotopic (exact) mass is 284 g/mol. The van der Waals surface area contributed by atoms with Crippen LogP contribution in [0.4, 0.5) is 0 Å². The molecule has 0 radical (unpaired) electrons. The van der Waals surface area contributed by atoms with Crippen molar-refractivity contribution >= 4 is 23.7 Å². The van der Waals surface area contributed by atoms with E-state index in [0.29, 0.717) is 0 Å². The molecule has 0 aliphatic carbocycles. The molecule has 0 saturated heterocycles. The highest BCUT2D eigenvalue weighted by Gasteiger charge is 2.21. The van der Waals surface area contributed by atoms with Crippen molar-refractivity contribution in [3.05, 3.63) is 64.4 Å². The first-order chi connectivity index (χ1) is 9.72. The van der Waals surface area contributed by atoms with E-state index in [2.05, 4.69) is 35.7 Å². The van der Waals surface area contributed by atoms with Gasteiger partial charge in [-0.1, -0.05) is 49.4 Å². The Balaban J connectivity index is 1.90. The zero-order chi connectivity index (χ0) is 14.3. The minimum Gasteiger partial charge on any atom is -0.303 e. The highest BCUT2D eigenvalue weighted by molar-refractivity contribution is 7.10. The fraction of sp³-hybridized carbons (Fsp3) is 0.278. The number of carbonyl (C=O) groups excluding carboxylic acids is 1. The number of aldehydes is 1. The van der Waals surface area contributed by atoms with Gasteiger partial charge in [-0.2, -0.15) is 0 Å². The Bertz CT molecular complexity index is 542. The summed E-state index contributed by atoms with van der Waals surface area (Å²) in [5.74, 6) is 0. The fourth-order valence-corrected chi connectivity index (χ4v) is 2.76. The summed E-state index contributed by atoms with van der Waals surface area (Å²) in [5.41, 5.74) is 1.02. The van der Waals surface area contributed by atoms with E-state index >= 15 is 0 Å². The van der Waals surface area contributed by atoms with Crippen LogP contribution in [0.15, 0.2) is 53.9 Å². The van der Waals surface area contributed by atoms with Gasteiger partial charge < -0.3 is 4.79 Å². The van der Waals surface area contributed by atoms with Crippen molar-refractivity contribution in [1.82, 2.24) is 0 Å². The molecule has 0 N–H and O–H groups in total. The summed E-state index contributed by atoms with van der Waals surface area (Å²) in [7, 11) is 0. The van der Waals surface area contributed by atoms with Gasteiger partial charge in [-0.25, -0.2) is 0 Å². The van der Waals surface area contributed by atoms with Gasteiger partial charge in [-0.3, -0.25) is 0 Å². The van der Waals surface area contributed by atoms with E-state index in [1.807, 2.05) is 31.2 Å². The van der Waals surface area contributed by atoms with Crippen LogP contribution in [0, 0.1) is 5.41 Å². The second-order valence-corrected chi connectivity index (χ2v) is 6.36. The molecule has 0 saturated carbocycles. The summed E-state index contributed by atoms with van der Waals surface area (Å²) in [6.45, 7) is 2.04. The van der Waals surface area contributed by atoms with Crippen LogP contribution in [-0.2, 0) is 11.2 Å². The molecule has 104 valence electrons. The normalized spacial score (nSPS) is 14.2. The van der Waals surface area contributed by atoms with Crippen molar-refractivity contribution in [2.24, 2.45) is 5.41 Å². The Hall–Kier alpha value is -1.67. The van der Waals surface area contributed by atoms with Gasteiger partial charge in [-0.05, 0) is 42.3 Å². The van der Waals surface area contributed by atoms with Crippen LogP contribution < -0.4 is 0 Å². The third kappa shape index (κ3) is 4.46. The van der Waals surface area contributed by atoms with Crippen molar-refractivity contribution in [3.8, 4) is 0 Å². The number of rotatable bonds is 7. The van der Waals surface area contributed by atoms with Gasteiger partial charge in [0.25, 0.3) is 0 Å². The molecule has 2 rings (SSSR count). The van der Waals surface area contributed by atoms with Crippen molar-refractivity contribution < 1.29 is 4.79 Å². The predicted octanol–water partition coefficient (Wildman–Crippen LogP) is 4.99. The van der Waals surface area contributed by atoms with Gasteiger partial charge >= 0.3 is 0 Å². The minimum atomic E-state index is -0.274. The Morgan fingerprint density at radius 3 is 2.60 bits per heavy atom. The van der Waals surface area contributed by atoms with Crippen LogP contribution in [0.5, 0.6) is 0 Å². The first-order valence-electron chi connectivity index (χ1n) is 6.92. The summed E-state index contributed by atoms with van der Waals surface area (Å²) >= 11 is 1.72. The van der Waals surface area contributed by atoms with Crippen molar-refractivity contribution in [2.75, 3.05) is 0 Å². The van der Waals surface area contributed by atoms with Gasteiger partial charge in [-0.15, -0.1) is 11.3 Å². The van der Waals surface area contributed by atoms with Crippen molar-refractivity contribution in [3.63, 3.8) is 0 Å². The maximum atomic E-state index is 11.4. The molecule has 0 spiro atoms. The average molecular weight is 284 g/mol. The summed E-state index contributed by atoms with van der Waals surface area (Å²) < 4.78 is 0. The molecule has 1 heterocycles. The number of hydrogen-bond donors (Lipinski definition) is 0. The molecule has 2 aromatic rings. The molecule has 1 aromatic carbocycles. The van der Waals surface area contributed by atoms with E-state index in [-0.39, 0.29) is 5.41 Å². The highest BCUT2D eigenvalue weighted by Crippen LogP contribution is 2.26. The van der Waals surface area contributed by atoms with E-state index in [4.69, 9.17) is 0 Å². The van der Waals surface area contributed by atoms with Gasteiger partial charge in [0.05, 0.1) is 0 Å². The zero-order valence-electron chi connectivity index (χ0n) is 11.8. The third-order valence-corrected chi connectivity index (χ3v) is 4.36. The number of carbonyl (C=O) groups is 1. The van der Waals surface area contributed by atoms with E-state index in [1.54, 1.807) is 11.3 Å². The molecular weight excluding hydrogens is 264 g/mol. The van der Waals surface area contributed by atoms with Crippen LogP contribution in [0.25, 0.3) is 6.08 Å². The Labute approximate surface area is 125 Å². The third-order valence-electron chi connectivity index (χ3n) is 3.52. The Morgan fingerprint density at radius 1 is 1.15 bits per heavy atom. The number of hydrogen-bond acceptors (Lipinski definition) is 2. The highest BCUT2D eigenvalue weighted by atomic mass is 32.1. The van der Waals surface area contributed by atoms with Gasteiger partial charge in [0.15, 0.2) is 0 Å². The summed E-state index contributed by atoms with van der Waals surface area (Å²) in [5, 5.41) is 2.06. The number of benzene rings is 1. The van der Waals surface area contributed by atoms with Gasteiger partial charge in [0, 0.05) is 10.3 Å². The lowest BCUT2D eigenvalue weighted by atomic mass is 9.82. The molecule has 0 bridgehead atoms. The van der Waals surface area contributed by atoms with Crippen molar-refractivity contribution in [2.45, 2.75) is 26.2 Å². The lowest BCUT2D eigenvalue weighted by molar-refractivity contribution is -0.115. The molecule has 0 aliphatic rings. The van der Waals surface area contributed by atoms with E-state index in [9.17, 15) is 4.79 Å². The first-order valence-corrected chi connectivity index (χ1v) is 7.80. The number of thiophene rings is 1. The molecule has 20 heavy (non-hydrogen) atoms. The maximum Gasteiger partial charge on any atom is 0.126 e. The summed E-state index contributed by atoms with van der Waals surface area (Å²) in [6.07, 6.45) is 7.95.